The second kappa shape index (κ2) is 6.37. The van der Waals surface area contributed by atoms with Gasteiger partial charge in [0.2, 0.25) is 5.91 Å². The van der Waals surface area contributed by atoms with Gasteiger partial charge in [-0.2, -0.15) is 0 Å². The Morgan fingerprint density at radius 2 is 2.00 bits per heavy atom. The molecule has 2 N–H and O–H groups in total. The van der Waals surface area contributed by atoms with E-state index < -0.39 is 6.61 Å². The van der Waals surface area contributed by atoms with Crippen LogP contribution in [0.2, 0.25) is 0 Å². The topological polar surface area (TPSA) is 88.6 Å². The molecule has 3 heterocycles. The number of anilines is 2. The van der Waals surface area contributed by atoms with Crippen LogP contribution in [0.15, 0.2) is 53.6 Å². The minimum Gasteiger partial charge on any atom is -0.391 e. The van der Waals surface area contributed by atoms with Crippen molar-refractivity contribution in [2.45, 2.75) is 20.5 Å². The first-order chi connectivity index (χ1) is 13.0. The minimum atomic E-state index is -0.423. The molecule has 7 heteroatoms. The monoisotopic (exact) mass is 362 g/mol. The zero-order valence-corrected chi connectivity index (χ0v) is 14.9. The fourth-order valence-corrected chi connectivity index (χ4v) is 3.15. The van der Waals surface area contributed by atoms with Crippen LogP contribution in [-0.4, -0.2) is 25.0 Å². The van der Waals surface area contributed by atoms with Crippen molar-refractivity contribution in [1.29, 1.82) is 0 Å². The van der Waals surface area contributed by atoms with Gasteiger partial charge >= 0.3 is 0 Å². The molecule has 0 bridgehead atoms. The van der Waals surface area contributed by atoms with Crippen molar-refractivity contribution >= 4 is 34.0 Å². The van der Waals surface area contributed by atoms with E-state index in [9.17, 15) is 14.7 Å². The third-order valence-electron chi connectivity index (χ3n) is 4.53. The van der Waals surface area contributed by atoms with E-state index in [0.717, 1.165) is 16.5 Å². The lowest BCUT2D eigenvalue weighted by Crippen LogP contribution is -2.22. The summed E-state index contributed by atoms with van der Waals surface area (Å²) in [6.07, 6.45) is 3.37. The van der Waals surface area contributed by atoms with E-state index in [1.165, 1.54) is 11.3 Å². The lowest BCUT2D eigenvalue weighted by Gasteiger charge is -2.12. The molecule has 4 aromatic rings. The highest BCUT2D eigenvalue weighted by Crippen LogP contribution is 2.24. The second-order valence-corrected chi connectivity index (χ2v) is 6.44. The van der Waals surface area contributed by atoms with Crippen molar-refractivity contribution in [1.82, 2.24) is 14.0 Å². The van der Waals surface area contributed by atoms with Crippen LogP contribution in [0.3, 0.4) is 0 Å². The molecule has 0 saturated heterocycles. The van der Waals surface area contributed by atoms with E-state index >= 15 is 0 Å². The number of aliphatic hydroxyl groups excluding tert-OH is 1. The SMILES string of the molecule is CC(=O)n1ccc2cc(Nc3nc4cc(C)ccn4c(=O)c3CO)ccc21. The van der Waals surface area contributed by atoms with Crippen LogP contribution in [0.25, 0.3) is 16.6 Å². The van der Waals surface area contributed by atoms with Gasteiger partial charge in [-0.1, -0.05) is 0 Å². The van der Waals surface area contributed by atoms with E-state index in [1.54, 1.807) is 17.0 Å². The van der Waals surface area contributed by atoms with E-state index in [1.807, 2.05) is 43.3 Å². The molecule has 0 radical (unpaired) electrons. The second-order valence-electron chi connectivity index (χ2n) is 6.44. The zero-order valence-electron chi connectivity index (χ0n) is 14.9. The lowest BCUT2D eigenvalue weighted by molar-refractivity contribution is 0.0941. The molecular weight excluding hydrogens is 344 g/mol. The summed E-state index contributed by atoms with van der Waals surface area (Å²) in [6, 6.07) is 11.0. The summed E-state index contributed by atoms with van der Waals surface area (Å²) in [7, 11) is 0. The van der Waals surface area contributed by atoms with Crippen LogP contribution in [0.4, 0.5) is 11.5 Å². The third-order valence-corrected chi connectivity index (χ3v) is 4.53. The van der Waals surface area contributed by atoms with Gasteiger partial charge in [0.15, 0.2) is 0 Å². The van der Waals surface area contributed by atoms with Gasteiger partial charge in [-0.25, -0.2) is 4.98 Å². The van der Waals surface area contributed by atoms with E-state index in [4.69, 9.17) is 0 Å². The highest BCUT2D eigenvalue weighted by atomic mass is 16.3. The molecule has 0 aliphatic rings. The summed E-state index contributed by atoms with van der Waals surface area (Å²) < 4.78 is 2.99. The number of nitrogens with zero attached hydrogens (tertiary/aromatic N) is 3. The number of rotatable bonds is 3. The molecule has 0 aliphatic carbocycles. The van der Waals surface area contributed by atoms with Crippen LogP contribution >= 0.6 is 0 Å². The Labute approximate surface area is 154 Å². The number of fused-ring (bicyclic) bond motifs is 2. The van der Waals surface area contributed by atoms with E-state index in [-0.39, 0.29) is 17.0 Å². The van der Waals surface area contributed by atoms with Gasteiger partial charge < -0.3 is 10.4 Å². The summed E-state index contributed by atoms with van der Waals surface area (Å²) in [5.74, 6) is 0.256. The van der Waals surface area contributed by atoms with Gasteiger partial charge in [-0.05, 0) is 48.9 Å². The molecule has 4 rings (SSSR count). The average Bonchev–Trinajstić information content (AvgIpc) is 3.05. The Kier molecular flexibility index (Phi) is 4.01. The maximum Gasteiger partial charge on any atom is 0.265 e. The Hall–Kier alpha value is -3.45. The molecule has 0 spiro atoms. The van der Waals surface area contributed by atoms with Crippen LogP contribution in [0.1, 0.15) is 22.8 Å². The fourth-order valence-electron chi connectivity index (χ4n) is 3.15. The van der Waals surface area contributed by atoms with E-state index in [0.29, 0.717) is 17.2 Å². The number of nitrogens with one attached hydrogen (secondary N) is 1. The molecule has 1 aromatic carbocycles. The van der Waals surface area contributed by atoms with Crippen molar-refractivity contribution in [3.63, 3.8) is 0 Å². The number of aliphatic hydroxyl groups is 1. The highest BCUT2D eigenvalue weighted by molar-refractivity contribution is 5.93. The van der Waals surface area contributed by atoms with Crippen molar-refractivity contribution in [3.8, 4) is 0 Å². The summed E-state index contributed by atoms with van der Waals surface area (Å²) in [5, 5.41) is 13.7. The summed E-state index contributed by atoms with van der Waals surface area (Å²) in [5.41, 5.74) is 2.88. The van der Waals surface area contributed by atoms with Crippen LogP contribution in [0.5, 0.6) is 0 Å². The molecule has 136 valence electrons. The maximum atomic E-state index is 12.7. The maximum absolute atomic E-state index is 12.7. The minimum absolute atomic E-state index is 0.0622. The van der Waals surface area contributed by atoms with Gasteiger partial charge in [-0.3, -0.25) is 18.6 Å². The standard InChI is InChI=1S/C20H18N4O3/c1-12-5-7-24-18(9-12)22-19(16(11-25)20(24)27)21-15-3-4-17-14(10-15)6-8-23(17)13(2)26/h3-10,21,25H,11H2,1-2H3. The van der Waals surface area contributed by atoms with Gasteiger partial charge in [0.05, 0.1) is 17.7 Å². The summed E-state index contributed by atoms with van der Waals surface area (Å²) in [4.78, 5) is 28.8. The average molecular weight is 362 g/mol. The molecule has 0 fully saturated rings. The molecule has 3 aromatic heterocycles. The van der Waals surface area contributed by atoms with Crippen molar-refractivity contribution in [2.75, 3.05) is 5.32 Å². The normalized spacial score (nSPS) is 11.2. The van der Waals surface area contributed by atoms with Gasteiger partial charge in [0.1, 0.15) is 11.5 Å². The largest absolute Gasteiger partial charge is 0.391 e. The molecule has 27 heavy (non-hydrogen) atoms. The summed E-state index contributed by atoms with van der Waals surface area (Å²) in [6.45, 7) is 3.01. The van der Waals surface area contributed by atoms with Crippen molar-refractivity contribution < 1.29 is 9.90 Å². The predicted molar refractivity (Wildman–Crippen MR) is 104 cm³/mol. The molecule has 0 atom stereocenters. The van der Waals surface area contributed by atoms with Gasteiger partial charge in [0, 0.05) is 30.4 Å². The molecule has 7 nitrogen and oxygen atoms in total. The first-order valence-electron chi connectivity index (χ1n) is 8.50. The number of pyridine rings is 1. The zero-order chi connectivity index (χ0) is 19.1. The Morgan fingerprint density at radius 1 is 1.19 bits per heavy atom. The first kappa shape index (κ1) is 17.0. The number of carbonyl (C=O) groups excluding carboxylic acids is 1. The molecular formula is C20H18N4O3. The highest BCUT2D eigenvalue weighted by Gasteiger charge is 2.13. The number of carbonyl (C=O) groups is 1. The first-order valence-corrected chi connectivity index (χ1v) is 8.50. The number of hydrogen-bond acceptors (Lipinski definition) is 5. The van der Waals surface area contributed by atoms with Crippen molar-refractivity contribution in [2.24, 2.45) is 0 Å². The van der Waals surface area contributed by atoms with Crippen LogP contribution in [-0.2, 0) is 6.61 Å². The Morgan fingerprint density at radius 3 is 2.74 bits per heavy atom. The number of aromatic nitrogens is 3. The number of aryl methyl sites for hydroxylation is 1. The molecule has 0 amide bonds. The van der Waals surface area contributed by atoms with Gasteiger partial charge in [-0.15, -0.1) is 0 Å². The van der Waals surface area contributed by atoms with Crippen LogP contribution < -0.4 is 10.9 Å². The van der Waals surface area contributed by atoms with Gasteiger partial charge in [0.25, 0.3) is 5.56 Å². The predicted octanol–water partition coefficient (Wildman–Crippen LogP) is 2.85. The Balaban J connectivity index is 1.82. The molecule has 0 saturated carbocycles. The quantitative estimate of drug-likeness (QED) is 0.585. The van der Waals surface area contributed by atoms with Crippen molar-refractivity contribution in [3.05, 3.63) is 70.3 Å². The molecule has 0 aliphatic heterocycles. The fraction of sp³-hybridized carbons (Fsp3) is 0.150. The molecule has 0 unspecified atom stereocenters. The lowest BCUT2D eigenvalue weighted by atomic mass is 10.2. The van der Waals surface area contributed by atoms with E-state index in [2.05, 4.69) is 10.3 Å². The summed E-state index contributed by atoms with van der Waals surface area (Å²) >= 11 is 0. The number of hydrogen-bond donors (Lipinski definition) is 2. The smallest absolute Gasteiger partial charge is 0.265 e. The van der Waals surface area contributed by atoms with Crippen LogP contribution in [0, 0.1) is 6.92 Å². The Bertz CT molecular complexity index is 1250. The number of benzene rings is 1. The third kappa shape index (κ3) is 2.88.